The van der Waals surface area contributed by atoms with Gasteiger partial charge in [0.05, 0.1) is 7.11 Å². The van der Waals surface area contributed by atoms with E-state index in [0.29, 0.717) is 12.2 Å². The van der Waals surface area contributed by atoms with E-state index in [2.05, 4.69) is 28.9 Å². The van der Waals surface area contributed by atoms with Gasteiger partial charge in [-0.15, -0.1) is 0 Å². The van der Waals surface area contributed by atoms with Crippen LogP contribution in [0.2, 0.25) is 0 Å². The largest absolute Gasteiger partial charge is 0.464 e. The second-order valence-corrected chi connectivity index (χ2v) is 4.24. The van der Waals surface area contributed by atoms with Crippen molar-refractivity contribution in [3.05, 3.63) is 24.0 Å². The molecule has 0 aliphatic heterocycles. The lowest BCUT2D eigenvalue weighted by Gasteiger charge is -2.32. The Morgan fingerprint density at radius 1 is 1.50 bits per heavy atom. The number of anilines is 1. The molecule has 0 bridgehead atoms. The van der Waals surface area contributed by atoms with Crippen LogP contribution in [0.1, 0.15) is 37.2 Å². The van der Waals surface area contributed by atoms with Crippen molar-refractivity contribution < 1.29 is 9.53 Å². The summed E-state index contributed by atoms with van der Waals surface area (Å²) in [6.45, 7) is 4.72. The van der Waals surface area contributed by atoms with E-state index in [1.165, 1.54) is 7.11 Å². The SMILES string of the molecule is CCC(CC)(CN)Nc1ccnc(C(=O)OC)c1. The van der Waals surface area contributed by atoms with Crippen LogP contribution in [-0.2, 0) is 4.74 Å². The first-order valence-electron chi connectivity index (χ1n) is 6.13. The predicted molar refractivity (Wildman–Crippen MR) is 71.6 cm³/mol. The van der Waals surface area contributed by atoms with E-state index in [9.17, 15) is 4.79 Å². The zero-order chi connectivity index (χ0) is 13.6. The zero-order valence-electron chi connectivity index (χ0n) is 11.2. The van der Waals surface area contributed by atoms with Crippen LogP contribution >= 0.6 is 0 Å². The van der Waals surface area contributed by atoms with Gasteiger partial charge in [0.1, 0.15) is 5.69 Å². The lowest BCUT2D eigenvalue weighted by Crippen LogP contribution is -2.44. The van der Waals surface area contributed by atoms with Crippen LogP contribution in [0.3, 0.4) is 0 Å². The van der Waals surface area contributed by atoms with Crippen LogP contribution < -0.4 is 11.1 Å². The summed E-state index contributed by atoms with van der Waals surface area (Å²) >= 11 is 0. The molecule has 0 aromatic carbocycles. The quantitative estimate of drug-likeness (QED) is 0.754. The maximum Gasteiger partial charge on any atom is 0.356 e. The Hall–Kier alpha value is -1.62. The zero-order valence-corrected chi connectivity index (χ0v) is 11.2. The number of carbonyl (C=O) groups is 1. The molecule has 0 amide bonds. The summed E-state index contributed by atoms with van der Waals surface area (Å²) in [7, 11) is 1.34. The Kier molecular flexibility index (Phi) is 5.09. The minimum absolute atomic E-state index is 0.144. The number of hydrogen-bond donors (Lipinski definition) is 2. The maximum absolute atomic E-state index is 11.4. The molecule has 0 unspecified atom stereocenters. The molecule has 3 N–H and O–H groups in total. The van der Waals surface area contributed by atoms with E-state index >= 15 is 0 Å². The average molecular weight is 251 g/mol. The highest BCUT2D eigenvalue weighted by atomic mass is 16.5. The van der Waals surface area contributed by atoms with Gasteiger partial charge in [-0.1, -0.05) is 13.8 Å². The lowest BCUT2D eigenvalue weighted by molar-refractivity contribution is 0.0594. The molecule has 18 heavy (non-hydrogen) atoms. The molecule has 0 saturated carbocycles. The van der Waals surface area contributed by atoms with E-state index in [-0.39, 0.29) is 5.54 Å². The topological polar surface area (TPSA) is 77.2 Å². The number of esters is 1. The molecular weight excluding hydrogens is 230 g/mol. The van der Waals surface area contributed by atoms with E-state index in [4.69, 9.17) is 5.73 Å². The molecule has 1 aromatic heterocycles. The van der Waals surface area contributed by atoms with Gasteiger partial charge in [-0.05, 0) is 25.0 Å². The number of ether oxygens (including phenoxy) is 1. The van der Waals surface area contributed by atoms with Crippen LogP contribution in [0, 0.1) is 0 Å². The molecule has 0 radical (unpaired) electrons. The van der Waals surface area contributed by atoms with Crippen molar-refractivity contribution in [2.24, 2.45) is 5.73 Å². The Bertz CT molecular complexity index is 395. The maximum atomic E-state index is 11.4. The van der Waals surface area contributed by atoms with Gasteiger partial charge in [0.25, 0.3) is 0 Å². The number of methoxy groups -OCH3 is 1. The van der Waals surface area contributed by atoms with Crippen molar-refractivity contribution in [1.29, 1.82) is 0 Å². The van der Waals surface area contributed by atoms with E-state index in [0.717, 1.165) is 18.5 Å². The first kappa shape index (κ1) is 14.4. The van der Waals surface area contributed by atoms with Crippen LogP contribution in [-0.4, -0.2) is 30.1 Å². The number of rotatable bonds is 6. The molecule has 0 spiro atoms. The van der Waals surface area contributed by atoms with Gasteiger partial charge in [-0.3, -0.25) is 0 Å². The standard InChI is InChI=1S/C13H21N3O2/c1-4-13(5-2,9-14)16-10-6-7-15-11(8-10)12(17)18-3/h6-8H,4-5,9,14H2,1-3H3,(H,15,16). The summed E-state index contributed by atoms with van der Waals surface area (Å²) in [5, 5.41) is 3.39. The summed E-state index contributed by atoms with van der Waals surface area (Å²) in [6, 6.07) is 3.50. The molecule has 0 atom stereocenters. The molecule has 1 rings (SSSR count). The fourth-order valence-electron chi connectivity index (χ4n) is 1.80. The summed E-state index contributed by atoms with van der Waals surface area (Å²) in [5.74, 6) is -0.440. The van der Waals surface area contributed by atoms with Gasteiger partial charge in [-0.25, -0.2) is 9.78 Å². The van der Waals surface area contributed by atoms with E-state index in [1.807, 2.05) is 6.07 Å². The number of nitrogens with one attached hydrogen (secondary N) is 1. The van der Waals surface area contributed by atoms with Crippen molar-refractivity contribution in [3.8, 4) is 0 Å². The number of nitrogens with zero attached hydrogens (tertiary/aromatic N) is 1. The van der Waals surface area contributed by atoms with Gasteiger partial charge in [0, 0.05) is 24.0 Å². The van der Waals surface area contributed by atoms with Crippen LogP contribution in [0.5, 0.6) is 0 Å². The van der Waals surface area contributed by atoms with Crippen molar-refractivity contribution in [2.75, 3.05) is 19.0 Å². The first-order valence-corrected chi connectivity index (χ1v) is 6.13. The highest BCUT2D eigenvalue weighted by molar-refractivity contribution is 5.88. The molecule has 5 heteroatoms. The van der Waals surface area contributed by atoms with Crippen LogP contribution in [0.15, 0.2) is 18.3 Å². The van der Waals surface area contributed by atoms with Crippen LogP contribution in [0.25, 0.3) is 0 Å². The summed E-state index contributed by atoms with van der Waals surface area (Å²) in [6.07, 6.45) is 3.41. The normalized spacial score (nSPS) is 11.1. The Morgan fingerprint density at radius 2 is 2.17 bits per heavy atom. The monoisotopic (exact) mass is 251 g/mol. The second-order valence-electron chi connectivity index (χ2n) is 4.24. The third-order valence-corrected chi connectivity index (χ3v) is 3.31. The Labute approximate surface area is 108 Å². The van der Waals surface area contributed by atoms with E-state index < -0.39 is 5.97 Å². The van der Waals surface area contributed by atoms with Crippen molar-refractivity contribution in [3.63, 3.8) is 0 Å². The molecule has 5 nitrogen and oxygen atoms in total. The summed E-state index contributed by atoms with van der Waals surface area (Å²) in [5.41, 5.74) is 6.81. The summed E-state index contributed by atoms with van der Waals surface area (Å²) < 4.78 is 4.65. The van der Waals surface area contributed by atoms with E-state index in [1.54, 1.807) is 12.3 Å². The van der Waals surface area contributed by atoms with Gasteiger partial charge in [0.2, 0.25) is 0 Å². The van der Waals surface area contributed by atoms with Crippen molar-refractivity contribution in [2.45, 2.75) is 32.2 Å². The third-order valence-electron chi connectivity index (χ3n) is 3.31. The molecule has 0 aliphatic rings. The number of hydrogen-bond acceptors (Lipinski definition) is 5. The molecule has 1 heterocycles. The fraction of sp³-hybridized carbons (Fsp3) is 0.538. The van der Waals surface area contributed by atoms with Crippen LogP contribution in [0.4, 0.5) is 5.69 Å². The molecule has 0 aliphatic carbocycles. The highest BCUT2D eigenvalue weighted by Gasteiger charge is 2.24. The number of nitrogens with two attached hydrogens (primary N) is 1. The second kappa shape index (κ2) is 6.35. The van der Waals surface area contributed by atoms with Gasteiger partial charge >= 0.3 is 5.97 Å². The first-order chi connectivity index (χ1) is 8.60. The van der Waals surface area contributed by atoms with Gasteiger partial charge in [0.15, 0.2) is 0 Å². The minimum Gasteiger partial charge on any atom is -0.464 e. The predicted octanol–water partition coefficient (Wildman–Crippen LogP) is 1.80. The Morgan fingerprint density at radius 3 is 2.67 bits per heavy atom. The Balaban J connectivity index is 2.93. The number of pyridine rings is 1. The summed E-state index contributed by atoms with van der Waals surface area (Å²) in [4.78, 5) is 15.4. The molecule has 0 saturated heterocycles. The average Bonchev–Trinajstić information content (AvgIpc) is 2.44. The minimum atomic E-state index is -0.440. The molecule has 100 valence electrons. The molecule has 0 fully saturated rings. The smallest absolute Gasteiger partial charge is 0.356 e. The molecular formula is C13H21N3O2. The third kappa shape index (κ3) is 3.20. The molecule has 1 aromatic rings. The number of carbonyl (C=O) groups excluding carboxylic acids is 1. The lowest BCUT2D eigenvalue weighted by atomic mass is 9.92. The van der Waals surface area contributed by atoms with Gasteiger partial charge in [-0.2, -0.15) is 0 Å². The van der Waals surface area contributed by atoms with Crippen molar-refractivity contribution >= 4 is 11.7 Å². The number of aromatic nitrogens is 1. The van der Waals surface area contributed by atoms with Crippen molar-refractivity contribution in [1.82, 2.24) is 4.98 Å². The van der Waals surface area contributed by atoms with Gasteiger partial charge < -0.3 is 15.8 Å². The fourth-order valence-corrected chi connectivity index (χ4v) is 1.80. The highest BCUT2D eigenvalue weighted by Crippen LogP contribution is 2.21.